The number of amides is 1. The maximum atomic E-state index is 15.4. The molecule has 5 aromatic rings. The summed E-state index contributed by atoms with van der Waals surface area (Å²) >= 11 is 0. The summed E-state index contributed by atoms with van der Waals surface area (Å²) in [7, 11) is 3.91. The molecule has 14 heteroatoms. The number of carbonyl (C=O) groups excluding carboxylic acids is 1. The molecule has 45 heavy (non-hydrogen) atoms. The average Bonchev–Trinajstić information content (AvgIpc) is 3.45. The summed E-state index contributed by atoms with van der Waals surface area (Å²) < 4.78 is 29.2. The number of benzene rings is 1. The van der Waals surface area contributed by atoms with E-state index in [0.29, 0.717) is 83.9 Å². The molecule has 0 aliphatic carbocycles. The van der Waals surface area contributed by atoms with Crippen molar-refractivity contribution in [1.29, 1.82) is 0 Å². The number of carbonyl (C=O) groups is 1. The van der Waals surface area contributed by atoms with E-state index in [2.05, 4.69) is 30.3 Å². The van der Waals surface area contributed by atoms with Crippen molar-refractivity contribution in [3.8, 4) is 17.2 Å². The molecule has 2 aliphatic heterocycles. The normalized spacial score (nSPS) is 16.2. The predicted octanol–water partition coefficient (Wildman–Crippen LogP) is 3.58. The SMILES string of the molecule is Cc1cc(Nc2ncnc3cc4c(nc23)N2CCN(C(=O)/C=C/CN(C)C)C(CO4)C2)c(F)cc1Oc1ccn2ncnc2c1. The van der Waals surface area contributed by atoms with Crippen molar-refractivity contribution in [1.82, 2.24) is 39.3 Å². The summed E-state index contributed by atoms with van der Waals surface area (Å²) in [4.78, 5) is 36.8. The smallest absolute Gasteiger partial charge is 0.246 e. The Morgan fingerprint density at radius 1 is 1.18 bits per heavy atom. The maximum Gasteiger partial charge on any atom is 0.246 e. The summed E-state index contributed by atoms with van der Waals surface area (Å²) in [5.41, 5.74) is 2.57. The van der Waals surface area contributed by atoms with Crippen molar-refractivity contribution in [3.05, 3.63) is 72.7 Å². The summed E-state index contributed by atoms with van der Waals surface area (Å²) in [6.07, 6.45) is 8.07. The van der Waals surface area contributed by atoms with Gasteiger partial charge in [-0.2, -0.15) is 5.10 Å². The predicted molar refractivity (Wildman–Crippen MR) is 166 cm³/mol. The first-order valence-corrected chi connectivity index (χ1v) is 14.5. The quantitative estimate of drug-likeness (QED) is 0.272. The molecule has 1 aromatic carbocycles. The number of rotatable bonds is 7. The zero-order chi connectivity index (χ0) is 31.1. The molecular weight excluding hydrogens is 579 g/mol. The van der Waals surface area contributed by atoms with Gasteiger partial charge in [-0.3, -0.25) is 4.79 Å². The summed E-state index contributed by atoms with van der Waals surface area (Å²) in [6.45, 7) is 4.58. The van der Waals surface area contributed by atoms with E-state index in [4.69, 9.17) is 14.5 Å². The molecule has 1 saturated heterocycles. The Hall–Kier alpha value is -5.37. The second-order valence-corrected chi connectivity index (χ2v) is 11.3. The highest BCUT2D eigenvalue weighted by atomic mass is 19.1. The number of nitrogens with one attached hydrogen (secondary N) is 1. The van der Waals surface area contributed by atoms with Crippen LogP contribution in [0.25, 0.3) is 16.7 Å². The number of piperazine rings is 1. The van der Waals surface area contributed by atoms with Crippen molar-refractivity contribution in [2.24, 2.45) is 0 Å². The monoisotopic (exact) mass is 610 g/mol. The van der Waals surface area contributed by atoms with Crippen LogP contribution in [0.1, 0.15) is 5.56 Å². The third-order valence-electron chi connectivity index (χ3n) is 7.78. The summed E-state index contributed by atoms with van der Waals surface area (Å²) in [5.74, 6) is 1.91. The van der Waals surface area contributed by atoms with E-state index in [-0.39, 0.29) is 17.6 Å². The Morgan fingerprint density at radius 2 is 2.07 bits per heavy atom. The maximum absolute atomic E-state index is 15.4. The molecule has 13 nitrogen and oxygen atoms in total. The molecule has 2 aliphatic rings. The highest BCUT2D eigenvalue weighted by Crippen LogP contribution is 2.37. The lowest BCUT2D eigenvalue weighted by Gasteiger charge is -2.39. The van der Waals surface area contributed by atoms with Gasteiger partial charge in [0.1, 0.15) is 42.1 Å². The Kier molecular flexibility index (Phi) is 7.33. The van der Waals surface area contributed by atoms with Crippen LogP contribution in [0.5, 0.6) is 17.2 Å². The van der Waals surface area contributed by atoms with Crippen LogP contribution >= 0.6 is 0 Å². The number of anilines is 3. The number of hydrogen-bond acceptors (Lipinski definition) is 11. The molecule has 0 spiro atoms. The van der Waals surface area contributed by atoms with Crippen molar-refractivity contribution in [2.45, 2.75) is 13.0 Å². The molecule has 0 saturated carbocycles. The number of pyridine rings is 2. The molecule has 6 heterocycles. The van der Waals surface area contributed by atoms with Crippen LogP contribution in [-0.2, 0) is 4.79 Å². The lowest BCUT2D eigenvalue weighted by atomic mass is 10.1. The lowest BCUT2D eigenvalue weighted by Crippen LogP contribution is -2.56. The van der Waals surface area contributed by atoms with E-state index in [1.165, 1.54) is 18.7 Å². The highest BCUT2D eigenvalue weighted by Gasteiger charge is 2.35. The van der Waals surface area contributed by atoms with Gasteiger partial charge in [0.2, 0.25) is 5.91 Å². The van der Waals surface area contributed by atoms with Gasteiger partial charge in [0.15, 0.2) is 23.0 Å². The Morgan fingerprint density at radius 3 is 2.93 bits per heavy atom. The van der Waals surface area contributed by atoms with Gasteiger partial charge in [0, 0.05) is 56.7 Å². The molecule has 7 rings (SSSR count). The van der Waals surface area contributed by atoms with Gasteiger partial charge in [-0.1, -0.05) is 6.08 Å². The van der Waals surface area contributed by atoms with Gasteiger partial charge in [0.25, 0.3) is 0 Å². The number of aryl methyl sites for hydroxylation is 1. The lowest BCUT2D eigenvalue weighted by molar-refractivity contribution is -0.129. The fourth-order valence-electron chi connectivity index (χ4n) is 5.49. The zero-order valence-corrected chi connectivity index (χ0v) is 25.0. The third kappa shape index (κ3) is 5.67. The number of likely N-dealkylation sites (N-methyl/N-ethyl adjacent to an activating group) is 1. The highest BCUT2D eigenvalue weighted by molar-refractivity contribution is 5.91. The second kappa shape index (κ2) is 11.6. The topological polar surface area (TPSA) is 126 Å². The molecule has 1 unspecified atom stereocenters. The van der Waals surface area contributed by atoms with Crippen LogP contribution in [0.3, 0.4) is 0 Å². The van der Waals surface area contributed by atoms with Crippen LogP contribution in [0.15, 0.2) is 61.3 Å². The van der Waals surface area contributed by atoms with E-state index in [0.717, 1.165) is 0 Å². The minimum Gasteiger partial charge on any atom is -0.487 e. The van der Waals surface area contributed by atoms with E-state index in [1.807, 2.05) is 43.0 Å². The fraction of sp³-hybridized carbons (Fsp3) is 0.290. The number of aromatic nitrogens is 6. The van der Waals surface area contributed by atoms with Gasteiger partial charge >= 0.3 is 0 Å². The molecule has 1 N–H and O–H groups in total. The number of hydrogen-bond donors (Lipinski definition) is 1. The summed E-state index contributed by atoms with van der Waals surface area (Å²) in [5, 5.41) is 7.18. The van der Waals surface area contributed by atoms with Gasteiger partial charge in [0.05, 0.1) is 17.2 Å². The van der Waals surface area contributed by atoms with E-state index >= 15 is 4.39 Å². The van der Waals surface area contributed by atoms with Gasteiger partial charge in [-0.15, -0.1) is 0 Å². The Bertz CT molecular complexity index is 1940. The van der Waals surface area contributed by atoms with Gasteiger partial charge in [-0.25, -0.2) is 28.8 Å². The zero-order valence-electron chi connectivity index (χ0n) is 25.0. The molecule has 1 amide bonds. The first kappa shape index (κ1) is 28.4. The number of halogens is 1. The molecule has 1 atom stereocenters. The molecule has 230 valence electrons. The first-order chi connectivity index (χ1) is 21.8. The first-order valence-electron chi connectivity index (χ1n) is 14.5. The molecule has 0 radical (unpaired) electrons. The van der Waals surface area contributed by atoms with Gasteiger partial charge < -0.3 is 29.5 Å². The second-order valence-electron chi connectivity index (χ2n) is 11.3. The van der Waals surface area contributed by atoms with Crippen LogP contribution in [0, 0.1) is 12.7 Å². The minimum absolute atomic E-state index is 0.0309. The van der Waals surface area contributed by atoms with Crippen molar-refractivity contribution in [2.75, 3.05) is 57.1 Å². The molecule has 2 bridgehead atoms. The van der Waals surface area contributed by atoms with E-state index < -0.39 is 5.82 Å². The van der Waals surface area contributed by atoms with Crippen molar-refractivity contribution >= 4 is 39.9 Å². The number of nitrogens with zero attached hydrogens (tertiary/aromatic N) is 9. The number of ether oxygens (including phenoxy) is 2. The van der Waals surface area contributed by atoms with E-state index in [9.17, 15) is 4.79 Å². The van der Waals surface area contributed by atoms with Crippen LogP contribution in [0.2, 0.25) is 0 Å². The third-order valence-corrected chi connectivity index (χ3v) is 7.78. The number of fused-ring (bicyclic) bond motifs is 6. The average molecular weight is 611 g/mol. The van der Waals surface area contributed by atoms with Gasteiger partial charge in [-0.05, 0) is 38.7 Å². The van der Waals surface area contributed by atoms with Crippen LogP contribution in [-0.4, -0.2) is 98.2 Å². The molecular formula is C31H31FN10O3. The Balaban J connectivity index is 1.12. The largest absolute Gasteiger partial charge is 0.487 e. The Labute approximate surface area is 257 Å². The fourth-order valence-corrected chi connectivity index (χ4v) is 5.49. The summed E-state index contributed by atoms with van der Waals surface area (Å²) in [6, 6.07) is 8.14. The van der Waals surface area contributed by atoms with Crippen molar-refractivity contribution < 1.29 is 18.7 Å². The molecule has 4 aromatic heterocycles. The minimum atomic E-state index is -0.521. The molecule has 1 fully saturated rings. The van der Waals surface area contributed by atoms with Crippen LogP contribution in [0.4, 0.5) is 21.7 Å². The standard InChI is InChI=1S/C31H31FN10O3/c1-19-11-23(22(32)13-25(19)45-21-6-8-42-27(12-21)34-18-36-42)37-30-29-24(33-17-35-30)14-26-31(38-29)40-9-10-41(20(15-40)16-44-26)28(43)5-4-7-39(2)3/h4-6,8,11-14,17-18,20H,7,9-10,15-16H2,1-3H3,(H,33,35,37)/b5-4+. The van der Waals surface area contributed by atoms with Crippen molar-refractivity contribution in [3.63, 3.8) is 0 Å². The van der Waals surface area contributed by atoms with E-state index in [1.54, 1.807) is 35.0 Å². The van der Waals surface area contributed by atoms with Crippen LogP contribution < -0.4 is 19.7 Å².